The van der Waals surface area contributed by atoms with Crippen molar-refractivity contribution in [3.8, 4) is 11.5 Å². The number of methoxy groups -OCH3 is 1. The molecule has 4 rings (SSSR count). The fourth-order valence-corrected chi connectivity index (χ4v) is 4.03. The van der Waals surface area contributed by atoms with Gasteiger partial charge in [-0.05, 0) is 24.3 Å². The van der Waals surface area contributed by atoms with Gasteiger partial charge >= 0.3 is 0 Å². The number of quaternary nitrogens is 1. The third-order valence-electron chi connectivity index (χ3n) is 5.24. The van der Waals surface area contributed by atoms with Crippen LogP contribution in [0.15, 0.2) is 48.7 Å². The molecular formula is C21H23ClN3O2+. The maximum atomic E-state index is 10.2. The van der Waals surface area contributed by atoms with Crippen molar-refractivity contribution < 1.29 is 14.7 Å². The molecule has 0 unspecified atom stereocenters. The van der Waals surface area contributed by atoms with Crippen LogP contribution in [-0.2, 0) is 6.54 Å². The lowest BCUT2D eigenvalue weighted by molar-refractivity contribution is -0.914. The summed E-state index contributed by atoms with van der Waals surface area (Å²) in [7, 11) is 1.72. The standard InChI is InChI=1S/C21H22ClN3O2/c1-27-19-7-3-2-6-18(19)25-11-9-24(10-12-25)14-15-13-17(22)21(26)20-16(15)5-4-8-23-20/h2-8,13,26H,9-12,14H2,1H3/p+1. The number of rotatable bonds is 4. The predicted molar refractivity (Wildman–Crippen MR) is 108 cm³/mol. The summed E-state index contributed by atoms with van der Waals surface area (Å²) in [6.07, 6.45) is 1.68. The summed E-state index contributed by atoms with van der Waals surface area (Å²) in [5.41, 5.74) is 2.86. The number of aromatic hydroxyl groups is 1. The summed E-state index contributed by atoms with van der Waals surface area (Å²) >= 11 is 6.23. The topological polar surface area (TPSA) is 50.0 Å². The Morgan fingerprint density at radius 1 is 1.19 bits per heavy atom. The number of nitrogens with zero attached hydrogens (tertiary/aromatic N) is 2. The molecule has 0 spiro atoms. The average molecular weight is 385 g/mol. The second kappa shape index (κ2) is 7.62. The molecule has 2 aromatic carbocycles. The minimum Gasteiger partial charge on any atom is -0.504 e. The van der Waals surface area contributed by atoms with Crippen molar-refractivity contribution in [1.29, 1.82) is 0 Å². The first kappa shape index (κ1) is 17.9. The van der Waals surface area contributed by atoms with Gasteiger partial charge in [-0.15, -0.1) is 0 Å². The zero-order chi connectivity index (χ0) is 18.8. The van der Waals surface area contributed by atoms with Gasteiger partial charge in [0.15, 0.2) is 5.75 Å². The predicted octanol–water partition coefficient (Wildman–Crippen LogP) is 2.51. The van der Waals surface area contributed by atoms with Crippen LogP contribution in [0.4, 0.5) is 5.69 Å². The molecule has 3 aromatic rings. The van der Waals surface area contributed by atoms with Crippen LogP contribution in [0, 0.1) is 0 Å². The molecule has 0 saturated carbocycles. The van der Waals surface area contributed by atoms with E-state index < -0.39 is 0 Å². The SMILES string of the molecule is COc1ccccc1N1CC[NH+](Cc2cc(Cl)c(O)c3ncccc23)CC1. The number of pyridine rings is 1. The van der Waals surface area contributed by atoms with E-state index in [2.05, 4.69) is 22.0 Å². The van der Waals surface area contributed by atoms with Crippen molar-refractivity contribution in [3.63, 3.8) is 0 Å². The number of benzene rings is 2. The molecule has 1 fully saturated rings. The van der Waals surface area contributed by atoms with Gasteiger partial charge in [-0.25, -0.2) is 0 Å². The van der Waals surface area contributed by atoms with Gasteiger partial charge in [-0.2, -0.15) is 0 Å². The van der Waals surface area contributed by atoms with Gasteiger partial charge in [0.2, 0.25) is 0 Å². The van der Waals surface area contributed by atoms with E-state index in [4.69, 9.17) is 16.3 Å². The molecule has 6 heteroatoms. The number of phenols is 1. The third-order valence-corrected chi connectivity index (χ3v) is 5.53. The van der Waals surface area contributed by atoms with E-state index in [0.29, 0.717) is 10.5 Å². The van der Waals surface area contributed by atoms with Crippen molar-refractivity contribution in [3.05, 3.63) is 59.2 Å². The van der Waals surface area contributed by atoms with E-state index in [-0.39, 0.29) is 5.75 Å². The fraction of sp³-hybridized carbons (Fsp3) is 0.286. The van der Waals surface area contributed by atoms with Crippen LogP contribution in [0.1, 0.15) is 5.56 Å². The zero-order valence-corrected chi connectivity index (χ0v) is 16.0. The molecule has 0 radical (unpaired) electrons. The van der Waals surface area contributed by atoms with E-state index in [1.807, 2.05) is 30.3 Å². The Balaban J connectivity index is 1.50. The molecule has 1 saturated heterocycles. The van der Waals surface area contributed by atoms with Crippen molar-refractivity contribution in [1.82, 2.24) is 4.98 Å². The fourth-order valence-electron chi connectivity index (χ4n) is 3.81. The number of phenolic OH excluding ortho intramolecular Hbond substituents is 1. The number of anilines is 1. The molecule has 1 aliphatic heterocycles. The van der Waals surface area contributed by atoms with Gasteiger partial charge in [0.05, 0.1) is 44.0 Å². The molecule has 0 amide bonds. The molecular weight excluding hydrogens is 362 g/mol. The van der Waals surface area contributed by atoms with Crippen molar-refractivity contribution in [2.75, 3.05) is 38.2 Å². The highest BCUT2D eigenvalue weighted by molar-refractivity contribution is 6.33. The summed E-state index contributed by atoms with van der Waals surface area (Å²) in [6.45, 7) is 4.86. The normalized spacial score (nSPS) is 15.3. The quantitative estimate of drug-likeness (QED) is 0.725. The highest BCUT2D eigenvalue weighted by Gasteiger charge is 2.23. The van der Waals surface area contributed by atoms with Crippen LogP contribution < -0.4 is 14.5 Å². The lowest BCUT2D eigenvalue weighted by Gasteiger charge is -2.34. The largest absolute Gasteiger partial charge is 0.504 e. The van der Waals surface area contributed by atoms with Crippen molar-refractivity contribution in [2.24, 2.45) is 0 Å². The number of fused-ring (bicyclic) bond motifs is 1. The lowest BCUT2D eigenvalue weighted by Crippen LogP contribution is -3.13. The highest BCUT2D eigenvalue weighted by atomic mass is 35.5. The molecule has 140 valence electrons. The Bertz CT molecular complexity index is 955. The van der Waals surface area contributed by atoms with Gasteiger partial charge < -0.3 is 19.6 Å². The number of aromatic nitrogens is 1. The average Bonchev–Trinajstić information content (AvgIpc) is 2.72. The van der Waals surface area contributed by atoms with Gasteiger partial charge in [0, 0.05) is 17.1 Å². The first-order valence-corrected chi connectivity index (χ1v) is 9.52. The van der Waals surface area contributed by atoms with Gasteiger partial charge in [-0.3, -0.25) is 4.98 Å². The van der Waals surface area contributed by atoms with Gasteiger partial charge in [-0.1, -0.05) is 29.8 Å². The zero-order valence-electron chi connectivity index (χ0n) is 15.3. The Hall–Kier alpha value is -2.50. The van der Waals surface area contributed by atoms with Crippen LogP contribution in [0.25, 0.3) is 10.9 Å². The minimum absolute atomic E-state index is 0.0620. The molecule has 0 bridgehead atoms. The molecule has 2 heterocycles. The third kappa shape index (κ3) is 3.53. The Labute approximate surface area is 163 Å². The van der Waals surface area contributed by atoms with E-state index >= 15 is 0 Å². The second-order valence-electron chi connectivity index (χ2n) is 6.85. The second-order valence-corrected chi connectivity index (χ2v) is 7.26. The number of para-hydroxylation sites is 2. The number of piperazine rings is 1. The first-order chi connectivity index (χ1) is 13.2. The summed E-state index contributed by atoms with van der Waals surface area (Å²) in [5.74, 6) is 0.982. The van der Waals surface area contributed by atoms with Crippen LogP contribution in [0.5, 0.6) is 11.5 Å². The van der Waals surface area contributed by atoms with Crippen molar-refractivity contribution in [2.45, 2.75) is 6.54 Å². The molecule has 0 atom stereocenters. The summed E-state index contributed by atoms with van der Waals surface area (Å²) in [6, 6.07) is 13.9. The Morgan fingerprint density at radius 2 is 1.96 bits per heavy atom. The monoisotopic (exact) mass is 384 g/mol. The maximum Gasteiger partial charge on any atom is 0.160 e. The van der Waals surface area contributed by atoms with Crippen LogP contribution in [0.3, 0.4) is 0 Å². The molecule has 5 nitrogen and oxygen atoms in total. The minimum atomic E-state index is 0.0620. The maximum absolute atomic E-state index is 10.2. The van der Waals surface area contributed by atoms with E-state index in [9.17, 15) is 5.11 Å². The number of hydrogen-bond acceptors (Lipinski definition) is 4. The van der Waals surface area contributed by atoms with Crippen LogP contribution in [-0.4, -0.2) is 43.4 Å². The van der Waals surface area contributed by atoms with E-state index in [1.165, 1.54) is 4.90 Å². The summed E-state index contributed by atoms with van der Waals surface area (Å²) < 4.78 is 5.50. The number of nitrogens with one attached hydrogen (secondary N) is 1. The van der Waals surface area contributed by atoms with Crippen molar-refractivity contribution >= 4 is 28.2 Å². The number of halogens is 1. The van der Waals surface area contributed by atoms with Crippen LogP contribution >= 0.6 is 11.6 Å². The Kier molecular flexibility index (Phi) is 5.05. The molecule has 27 heavy (non-hydrogen) atoms. The smallest absolute Gasteiger partial charge is 0.160 e. The highest BCUT2D eigenvalue weighted by Crippen LogP contribution is 2.33. The molecule has 2 N–H and O–H groups in total. The van der Waals surface area contributed by atoms with Crippen LogP contribution in [0.2, 0.25) is 5.02 Å². The molecule has 1 aromatic heterocycles. The Morgan fingerprint density at radius 3 is 2.74 bits per heavy atom. The van der Waals surface area contributed by atoms with E-state index in [0.717, 1.165) is 55.1 Å². The molecule has 1 aliphatic rings. The first-order valence-electron chi connectivity index (χ1n) is 9.14. The van der Waals surface area contributed by atoms with E-state index in [1.54, 1.807) is 13.3 Å². The lowest BCUT2D eigenvalue weighted by atomic mass is 10.1. The number of hydrogen-bond donors (Lipinski definition) is 2. The van der Waals surface area contributed by atoms with Gasteiger partial charge in [0.25, 0.3) is 0 Å². The summed E-state index contributed by atoms with van der Waals surface area (Å²) in [4.78, 5) is 8.17. The number of ether oxygens (including phenoxy) is 1. The summed E-state index contributed by atoms with van der Waals surface area (Å²) in [5, 5.41) is 11.5. The molecule has 0 aliphatic carbocycles. The van der Waals surface area contributed by atoms with Gasteiger partial charge in [0.1, 0.15) is 17.8 Å².